The zero-order chi connectivity index (χ0) is 17.3. The van der Waals surface area contributed by atoms with Gasteiger partial charge in [-0.25, -0.2) is 0 Å². The van der Waals surface area contributed by atoms with E-state index in [1.54, 1.807) is 6.20 Å². The van der Waals surface area contributed by atoms with Crippen LogP contribution in [0.2, 0.25) is 0 Å². The fraction of sp³-hybridized carbons (Fsp3) is 0.500. The molecule has 1 spiro atoms. The number of piperidine rings is 1. The first kappa shape index (κ1) is 18.9. The molecule has 0 bridgehead atoms. The number of amides is 1. The number of rotatable bonds is 3. The van der Waals surface area contributed by atoms with Gasteiger partial charge in [-0.3, -0.25) is 9.48 Å². The van der Waals surface area contributed by atoms with Crippen LogP contribution in [-0.2, 0) is 6.54 Å². The van der Waals surface area contributed by atoms with Gasteiger partial charge < -0.3 is 10.2 Å². The minimum Gasteiger partial charge on any atom is -0.339 e. The van der Waals surface area contributed by atoms with Crippen LogP contribution in [0.4, 0.5) is 0 Å². The van der Waals surface area contributed by atoms with Crippen LogP contribution in [0.3, 0.4) is 0 Å². The van der Waals surface area contributed by atoms with E-state index in [2.05, 4.69) is 22.5 Å². The number of hydrogen-bond donors (Lipinski definition) is 1. The second-order valence-corrected chi connectivity index (χ2v) is 7.51. The molecule has 4 rings (SSSR count). The number of nitrogens with one attached hydrogen (secondary N) is 1. The molecule has 3 heterocycles. The summed E-state index contributed by atoms with van der Waals surface area (Å²) in [6.07, 6.45) is 5.22. The molecular formula is C20H27ClN4O. The number of nitrogens with zero attached hydrogens (tertiary/aromatic N) is 3. The standard InChI is InChI=1S/C20H26N4O.ClH/c1-16-18(13-22-24(16)14-17-5-3-2-4-6-17)19(25)23-11-8-20(9-12-23)7-10-21-15-20;/h2-6,13,21H,7-12,14-15H2,1H3;1H. The minimum atomic E-state index is 0. The summed E-state index contributed by atoms with van der Waals surface area (Å²) in [6, 6.07) is 10.2. The molecule has 26 heavy (non-hydrogen) atoms. The maximum absolute atomic E-state index is 12.9. The molecule has 2 fully saturated rings. The molecular weight excluding hydrogens is 348 g/mol. The number of carbonyl (C=O) groups is 1. The molecule has 0 radical (unpaired) electrons. The monoisotopic (exact) mass is 374 g/mol. The van der Waals surface area contributed by atoms with Gasteiger partial charge in [-0.2, -0.15) is 5.10 Å². The summed E-state index contributed by atoms with van der Waals surface area (Å²) in [5, 5.41) is 7.93. The Bertz CT molecular complexity index is 742. The third-order valence-electron chi connectivity index (χ3n) is 5.95. The minimum absolute atomic E-state index is 0. The molecule has 1 amide bonds. The van der Waals surface area contributed by atoms with Gasteiger partial charge in [0, 0.05) is 25.3 Å². The van der Waals surface area contributed by atoms with Crippen LogP contribution in [0.1, 0.15) is 40.9 Å². The second-order valence-electron chi connectivity index (χ2n) is 7.51. The van der Waals surface area contributed by atoms with E-state index in [-0.39, 0.29) is 18.3 Å². The third-order valence-corrected chi connectivity index (χ3v) is 5.95. The average molecular weight is 375 g/mol. The lowest BCUT2D eigenvalue weighted by Crippen LogP contribution is -2.44. The van der Waals surface area contributed by atoms with Crippen molar-refractivity contribution in [3.8, 4) is 0 Å². The Balaban J connectivity index is 0.00000196. The lowest BCUT2D eigenvalue weighted by molar-refractivity contribution is 0.0607. The highest BCUT2D eigenvalue weighted by atomic mass is 35.5. The molecule has 140 valence electrons. The van der Waals surface area contributed by atoms with E-state index in [1.807, 2.05) is 34.7 Å². The SMILES string of the molecule is Cc1c(C(=O)N2CCC3(CCNC3)CC2)cnn1Cc1ccccc1.Cl. The van der Waals surface area contributed by atoms with Crippen molar-refractivity contribution >= 4 is 18.3 Å². The molecule has 1 N–H and O–H groups in total. The molecule has 5 nitrogen and oxygen atoms in total. The van der Waals surface area contributed by atoms with Crippen molar-refractivity contribution in [2.45, 2.75) is 32.7 Å². The van der Waals surface area contributed by atoms with Crippen LogP contribution in [0, 0.1) is 12.3 Å². The predicted molar refractivity (Wildman–Crippen MR) is 105 cm³/mol. The summed E-state index contributed by atoms with van der Waals surface area (Å²) in [7, 11) is 0. The number of halogens is 1. The third kappa shape index (κ3) is 3.64. The van der Waals surface area contributed by atoms with Gasteiger partial charge in [0.15, 0.2) is 0 Å². The van der Waals surface area contributed by atoms with Crippen molar-refractivity contribution in [2.75, 3.05) is 26.2 Å². The average Bonchev–Trinajstić information content (AvgIpc) is 3.24. The van der Waals surface area contributed by atoms with E-state index in [9.17, 15) is 4.79 Å². The van der Waals surface area contributed by atoms with Gasteiger partial charge in [0.1, 0.15) is 0 Å². The molecule has 2 saturated heterocycles. The Morgan fingerprint density at radius 2 is 1.92 bits per heavy atom. The van der Waals surface area contributed by atoms with Crippen molar-refractivity contribution in [2.24, 2.45) is 5.41 Å². The molecule has 2 aromatic rings. The van der Waals surface area contributed by atoms with Crippen molar-refractivity contribution in [3.05, 3.63) is 53.3 Å². The largest absolute Gasteiger partial charge is 0.339 e. The van der Waals surface area contributed by atoms with Gasteiger partial charge in [-0.05, 0) is 43.7 Å². The van der Waals surface area contributed by atoms with Crippen molar-refractivity contribution in [1.29, 1.82) is 0 Å². The highest BCUT2D eigenvalue weighted by Gasteiger charge is 2.38. The molecule has 0 saturated carbocycles. The van der Waals surface area contributed by atoms with E-state index in [1.165, 1.54) is 12.0 Å². The van der Waals surface area contributed by atoms with Crippen LogP contribution in [0.25, 0.3) is 0 Å². The Hall–Kier alpha value is -1.85. The molecule has 0 unspecified atom stereocenters. The topological polar surface area (TPSA) is 50.2 Å². The van der Waals surface area contributed by atoms with Crippen LogP contribution in [0.15, 0.2) is 36.5 Å². The molecule has 0 atom stereocenters. The van der Waals surface area contributed by atoms with E-state index < -0.39 is 0 Å². The quantitative estimate of drug-likeness (QED) is 0.898. The maximum Gasteiger partial charge on any atom is 0.257 e. The summed E-state index contributed by atoms with van der Waals surface area (Å²) in [6.45, 7) is 6.67. The first-order valence-electron chi connectivity index (χ1n) is 9.23. The predicted octanol–water partition coefficient (Wildman–Crippen LogP) is 2.88. The zero-order valence-electron chi connectivity index (χ0n) is 15.3. The lowest BCUT2D eigenvalue weighted by atomic mass is 9.78. The first-order valence-corrected chi connectivity index (χ1v) is 9.23. The van der Waals surface area contributed by atoms with E-state index in [0.29, 0.717) is 12.0 Å². The van der Waals surface area contributed by atoms with Crippen molar-refractivity contribution in [1.82, 2.24) is 20.0 Å². The molecule has 1 aromatic carbocycles. The number of aromatic nitrogens is 2. The summed E-state index contributed by atoms with van der Waals surface area (Å²) in [4.78, 5) is 15.0. The van der Waals surface area contributed by atoms with Crippen LogP contribution in [-0.4, -0.2) is 46.8 Å². The first-order chi connectivity index (χ1) is 12.2. The Morgan fingerprint density at radius 1 is 1.19 bits per heavy atom. The Labute approximate surface area is 161 Å². The van der Waals surface area contributed by atoms with Crippen molar-refractivity contribution < 1.29 is 4.79 Å². The zero-order valence-corrected chi connectivity index (χ0v) is 16.1. The van der Waals surface area contributed by atoms with Crippen molar-refractivity contribution in [3.63, 3.8) is 0 Å². The fourth-order valence-electron chi connectivity index (χ4n) is 4.15. The highest BCUT2D eigenvalue weighted by molar-refractivity contribution is 5.95. The van der Waals surface area contributed by atoms with Crippen LogP contribution in [0.5, 0.6) is 0 Å². The maximum atomic E-state index is 12.9. The fourth-order valence-corrected chi connectivity index (χ4v) is 4.15. The van der Waals surface area contributed by atoms with Gasteiger partial charge in [0.2, 0.25) is 0 Å². The van der Waals surface area contributed by atoms with E-state index >= 15 is 0 Å². The van der Waals surface area contributed by atoms with Crippen LogP contribution >= 0.6 is 12.4 Å². The van der Waals surface area contributed by atoms with E-state index in [0.717, 1.165) is 50.3 Å². The second kappa shape index (κ2) is 7.80. The van der Waals surface area contributed by atoms with E-state index in [4.69, 9.17) is 0 Å². The number of likely N-dealkylation sites (tertiary alicyclic amines) is 1. The summed E-state index contributed by atoms with van der Waals surface area (Å²) >= 11 is 0. The smallest absolute Gasteiger partial charge is 0.257 e. The molecule has 1 aromatic heterocycles. The summed E-state index contributed by atoms with van der Waals surface area (Å²) in [5.74, 6) is 0.137. The Morgan fingerprint density at radius 3 is 2.58 bits per heavy atom. The number of benzene rings is 1. The molecule has 2 aliphatic heterocycles. The lowest BCUT2D eigenvalue weighted by Gasteiger charge is -2.38. The van der Waals surface area contributed by atoms with Gasteiger partial charge >= 0.3 is 0 Å². The summed E-state index contributed by atoms with van der Waals surface area (Å²) < 4.78 is 1.93. The summed E-state index contributed by atoms with van der Waals surface area (Å²) in [5.41, 5.74) is 3.33. The molecule has 2 aliphatic rings. The van der Waals surface area contributed by atoms with Gasteiger partial charge in [-0.1, -0.05) is 30.3 Å². The normalized spacial score (nSPS) is 18.7. The number of carbonyl (C=O) groups excluding carboxylic acids is 1. The highest BCUT2D eigenvalue weighted by Crippen LogP contribution is 2.37. The Kier molecular flexibility index (Phi) is 5.68. The van der Waals surface area contributed by atoms with Crippen LogP contribution < -0.4 is 5.32 Å². The number of hydrogen-bond acceptors (Lipinski definition) is 3. The molecule has 6 heteroatoms. The molecule has 0 aliphatic carbocycles. The van der Waals surface area contributed by atoms with Gasteiger partial charge in [0.05, 0.1) is 18.3 Å². The van der Waals surface area contributed by atoms with Gasteiger partial charge in [0.25, 0.3) is 5.91 Å². The van der Waals surface area contributed by atoms with Gasteiger partial charge in [-0.15, -0.1) is 12.4 Å².